The summed E-state index contributed by atoms with van der Waals surface area (Å²) in [6, 6.07) is -0.799. The van der Waals surface area contributed by atoms with Crippen LogP contribution in [0.2, 0.25) is 0 Å². The highest BCUT2D eigenvalue weighted by atomic mass is 16.5. The quantitative estimate of drug-likeness (QED) is 0.509. The van der Waals surface area contributed by atoms with Crippen molar-refractivity contribution in [3.8, 4) is 0 Å². The van der Waals surface area contributed by atoms with E-state index in [0.29, 0.717) is 0 Å². The molecule has 14 heavy (non-hydrogen) atoms. The van der Waals surface area contributed by atoms with Crippen molar-refractivity contribution in [2.75, 3.05) is 13.7 Å². The Hall–Kier alpha value is -1.79. The summed E-state index contributed by atoms with van der Waals surface area (Å²) in [5, 5.41) is 0.896. The van der Waals surface area contributed by atoms with Crippen molar-refractivity contribution in [3.63, 3.8) is 0 Å². The largest absolute Gasteiger partial charge is 0.469 e. The number of esters is 1. The van der Waals surface area contributed by atoms with Crippen LogP contribution in [0.25, 0.3) is 0 Å². The van der Waals surface area contributed by atoms with E-state index in [-0.39, 0.29) is 13.0 Å². The molecular weight excluding hydrogens is 190 g/mol. The number of carbonyl (C=O) groups is 3. The average Bonchev–Trinajstić information content (AvgIpc) is 2.15. The first-order valence-electron chi connectivity index (χ1n) is 3.99. The van der Waals surface area contributed by atoms with Gasteiger partial charge in [-0.2, -0.15) is 0 Å². The van der Waals surface area contributed by atoms with Crippen LogP contribution in [0.5, 0.6) is 0 Å². The molecule has 78 valence electrons. The molecule has 0 aromatic rings. The van der Waals surface area contributed by atoms with Crippen LogP contribution in [0.3, 0.4) is 0 Å². The van der Waals surface area contributed by atoms with Gasteiger partial charge in [-0.25, -0.2) is 9.80 Å². The number of hydrogen-bond donors (Lipinski definition) is 2. The molecule has 0 aromatic carbocycles. The highest BCUT2D eigenvalue weighted by Crippen LogP contribution is 2.11. The van der Waals surface area contributed by atoms with E-state index in [1.807, 2.05) is 0 Å². The first-order valence-corrected chi connectivity index (χ1v) is 3.99. The third kappa shape index (κ3) is 2.12. The van der Waals surface area contributed by atoms with Crippen molar-refractivity contribution >= 4 is 17.9 Å². The van der Waals surface area contributed by atoms with E-state index in [1.165, 1.54) is 7.11 Å². The van der Waals surface area contributed by atoms with E-state index in [9.17, 15) is 14.4 Å². The molecule has 0 radical (unpaired) electrons. The lowest BCUT2D eigenvalue weighted by atomic mass is 10.0. The number of hydrazine groups is 1. The maximum atomic E-state index is 11.1. The fraction of sp³-hybridized carbons (Fsp3) is 0.571. The van der Waals surface area contributed by atoms with E-state index in [2.05, 4.69) is 10.2 Å². The van der Waals surface area contributed by atoms with Crippen LogP contribution >= 0.6 is 0 Å². The van der Waals surface area contributed by atoms with Crippen molar-refractivity contribution in [2.24, 2.45) is 11.7 Å². The summed E-state index contributed by atoms with van der Waals surface area (Å²) in [6.45, 7) is 0.0494. The van der Waals surface area contributed by atoms with Crippen LogP contribution in [-0.4, -0.2) is 36.6 Å². The molecule has 3 N–H and O–H groups in total. The van der Waals surface area contributed by atoms with E-state index >= 15 is 0 Å². The lowest BCUT2D eigenvalue weighted by molar-refractivity contribution is -0.151. The molecular formula is C7H11N3O4. The topological polar surface area (TPSA) is 102 Å². The zero-order chi connectivity index (χ0) is 10.7. The molecule has 1 unspecified atom stereocenters. The fourth-order valence-electron chi connectivity index (χ4n) is 1.22. The Morgan fingerprint density at radius 2 is 2.29 bits per heavy atom. The van der Waals surface area contributed by atoms with Crippen LogP contribution in [0.1, 0.15) is 6.42 Å². The molecule has 1 saturated heterocycles. The predicted octanol–water partition coefficient (Wildman–Crippen LogP) is -1.41. The molecule has 3 amide bonds. The Morgan fingerprint density at radius 1 is 1.64 bits per heavy atom. The zero-order valence-corrected chi connectivity index (χ0v) is 7.65. The highest BCUT2D eigenvalue weighted by Gasteiger charge is 2.32. The molecule has 7 nitrogen and oxygen atoms in total. The molecule has 1 heterocycles. The number of primary amides is 1. The number of ether oxygens (including phenoxy) is 1. The summed E-state index contributed by atoms with van der Waals surface area (Å²) >= 11 is 0. The summed E-state index contributed by atoms with van der Waals surface area (Å²) in [5.74, 6) is -1.59. The van der Waals surface area contributed by atoms with E-state index in [0.717, 1.165) is 5.01 Å². The first-order chi connectivity index (χ1) is 6.54. The van der Waals surface area contributed by atoms with Gasteiger partial charge in [0.25, 0.3) is 0 Å². The number of carbonyl (C=O) groups excluding carboxylic acids is 3. The van der Waals surface area contributed by atoms with Crippen molar-refractivity contribution in [3.05, 3.63) is 0 Å². The number of urea groups is 1. The van der Waals surface area contributed by atoms with Crippen molar-refractivity contribution in [1.82, 2.24) is 10.4 Å². The number of nitrogens with two attached hydrogens (primary N) is 1. The van der Waals surface area contributed by atoms with Crippen molar-refractivity contribution < 1.29 is 19.1 Å². The lowest BCUT2D eigenvalue weighted by Gasteiger charge is -2.29. The second-order valence-corrected chi connectivity index (χ2v) is 2.91. The third-order valence-corrected chi connectivity index (χ3v) is 1.89. The van der Waals surface area contributed by atoms with Gasteiger partial charge >= 0.3 is 12.0 Å². The Balaban J connectivity index is 2.67. The zero-order valence-electron chi connectivity index (χ0n) is 7.65. The Labute approximate surface area is 80.1 Å². The summed E-state index contributed by atoms with van der Waals surface area (Å²) in [5.41, 5.74) is 7.19. The Bertz CT molecular complexity index is 278. The van der Waals surface area contributed by atoms with E-state index in [4.69, 9.17) is 5.73 Å². The number of methoxy groups -OCH3 is 1. The minimum atomic E-state index is -0.799. The third-order valence-electron chi connectivity index (χ3n) is 1.89. The summed E-state index contributed by atoms with van der Waals surface area (Å²) in [4.78, 5) is 32.9. The molecule has 1 atom stereocenters. The molecule has 0 bridgehead atoms. The fourth-order valence-corrected chi connectivity index (χ4v) is 1.22. The van der Waals surface area contributed by atoms with Gasteiger partial charge in [-0.3, -0.25) is 15.0 Å². The van der Waals surface area contributed by atoms with Crippen LogP contribution in [0.4, 0.5) is 4.79 Å². The van der Waals surface area contributed by atoms with E-state index in [1.54, 1.807) is 0 Å². The van der Waals surface area contributed by atoms with Gasteiger partial charge in [-0.1, -0.05) is 0 Å². The van der Waals surface area contributed by atoms with E-state index < -0.39 is 23.8 Å². The van der Waals surface area contributed by atoms with Gasteiger partial charge in [-0.15, -0.1) is 0 Å². The van der Waals surface area contributed by atoms with Gasteiger partial charge in [0.2, 0.25) is 5.91 Å². The van der Waals surface area contributed by atoms with Crippen LogP contribution < -0.4 is 11.2 Å². The van der Waals surface area contributed by atoms with Crippen LogP contribution in [0, 0.1) is 5.92 Å². The standard InChI is InChI=1S/C7H11N3O4/c1-14-6(12)4-2-5(11)9-10(3-4)7(8)13/h4H,2-3H2,1H3,(H2,8,13)(H,9,11). The normalized spacial score (nSPS) is 21.4. The number of amides is 3. The van der Waals surface area contributed by atoms with Gasteiger partial charge in [0.05, 0.1) is 19.6 Å². The van der Waals surface area contributed by atoms with Crippen molar-refractivity contribution in [2.45, 2.75) is 6.42 Å². The van der Waals surface area contributed by atoms with Gasteiger partial charge in [-0.05, 0) is 0 Å². The molecule has 1 aliphatic heterocycles. The molecule has 0 aliphatic carbocycles. The monoisotopic (exact) mass is 201 g/mol. The van der Waals surface area contributed by atoms with Gasteiger partial charge < -0.3 is 10.5 Å². The minimum absolute atomic E-state index is 0.0104. The lowest BCUT2D eigenvalue weighted by Crippen LogP contribution is -2.56. The Kier molecular flexibility index (Phi) is 2.90. The van der Waals surface area contributed by atoms with Gasteiger partial charge in [0, 0.05) is 6.42 Å². The van der Waals surface area contributed by atoms with Crippen LogP contribution in [0.15, 0.2) is 0 Å². The summed E-state index contributed by atoms with van der Waals surface area (Å²) in [7, 11) is 1.23. The summed E-state index contributed by atoms with van der Waals surface area (Å²) < 4.78 is 4.47. The molecule has 0 saturated carbocycles. The maximum Gasteiger partial charge on any atom is 0.333 e. The number of nitrogens with zero attached hydrogens (tertiary/aromatic N) is 1. The number of rotatable bonds is 1. The van der Waals surface area contributed by atoms with Gasteiger partial charge in [0.15, 0.2) is 0 Å². The smallest absolute Gasteiger partial charge is 0.333 e. The highest BCUT2D eigenvalue weighted by molar-refractivity contribution is 5.87. The second-order valence-electron chi connectivity index (χ2n) is 2.91. The van der Waals surface area contributed by atoms with Gasteiger partial charge in [0.1, 0.15) is 0 Å². The molecule has 1 rings (SSSR count). The number of hydrogen-bond acceptors (Lipinski definition) is 4. The minimum Gasteiger partial charge on any atom is -0.469 e. The molecule has 1 aliphatic rings. The van der Waals surface area contributed by atoms with Crippen LogP contribution in [-0.2, 0) is 14.3 Å². The predicted molar refractivity (Wildman–Crippen MR) is 44.6 cm³/mol. The molecule has 0 spiro atoms. The molecule has 7 heteroatoms. The number of nitrogens with one attached hydrogen (secondary N) is 1. The first kappa shape index (κ1) is 10.3. The summed E-state index contributed by atoms with van der Waals surface area (Å²) in [6.07, 6.45) is 0.0104. The second kappa shape index (κ2) is 3.95. The molecule has 1 fully saturated rings. The maximum absolute atomic E-state index is 11.1. The Morgan fingerprint density at radius 3 is 2.79 bits per heavy atom. The molecule has 0 aromatic heterocycles. The van der Waals surface area contributed by atoms with Crippen molar-refractivity contribution in [1.29, 1.82) is 0 Å². The SMILES string of the molecule is COC(=O)C1CC(=O)NN(C(N)=O)C1. The average molecular weight is 201 g/mol.